The van der Waals surface area contributed by atoms with Gasteiger partial charge in [-0.3, -0.25) is 0 Å². The van der Waals surface area contributed by atoms with E-state index in [9.17, 15) is 4.79 Å². The van der Waals surface area contributed by atoms with E-state index in [4.69, 9.17) is 5.73 Å². The Balaban J connectivity index is -0.000000180. The van der Waals surface area contributed by atoms with Crippen molar-refractivity contribution in [3.63, 3.8) is 0 Å². The molecule has 0 aromatic rings. The molecule has 4 nitrogen and oxygen atoms in total. The number of hydrogen-bond acceptors (Lipinski definition) is 3. The van der Waals surface area contributed by atoms with E-state index >= 15 is 0 Å². The molecule has 0 unspecified atom stereocenters. The van der Waals surface area contributed by atoms with Crippen LogP contribution >= 0.6 is 24.8 Å². The van der Waals surface area contributed by atoms with Gasteiger partial charge in [-0.2, -0.15) is 0 Å². The lowest BCUT2D eigenvalue weighted by molar-refractivity contribution is 0.160. The van der Waals surface area contributed by atoms with Gasteiger partial charge in [0.1, 0.15) is 6.61 Å². The van der Waals surface area contributed by atoms with Gasteiger partial charge in [0.15, 0.2) is 0 Å². The smallest absolute Gasteiger partial charge is 0.404 e. The number of nitrogens with two attached hydrogens (primary N) is 2. The summed E-state index contributed by atoms with van der Waals surface area (Å²) in [4.78, 5) is 9.70. The first kappa shape index (κ1) is 15.9. The zero-order chi connectivity index (χ0) is 5.70. The van der Waals surface area contributed by atoms with Crippen molar-refractivity contribution in [1.82, 2.24) is 0 Å². The Morgan fingerprint density at radius 2 is 1.89 bits per heavy atom. The minimum absolute atomic E-state index is 0. The Kier molecular flexibility index (Phi) is 19.0. The van der Waals surface area contributed by atoms with E-state index in [-0.39, 0.29) is 31.4 Å². The molecular formula is C3H10Cl2N2O2. The molecule has 58 valence electrons. The number of halogens is 2. The van der Waals surface area contributed by atoms with Gasteiger partial charge < -0.3 is 16.2 Å². The van der Waals surface area contributed by atoms with Crippen molar-refractivity contribution in [2.75, 3.05) is 13.2 Å². The molecule has 0 atom stereocenters. The lowest BCUT2D eigenvalue weighted by Crippen LogP contribution is -2.18. The Labute approximate surface area is 65.7 Å². The first-order chi connectivity index (χ1) is 3.27. The molecule has 6 heteroatoms. The van der Waals surface area contributed by atoms with E-state index in [0.717, 1.165) is 0 Å². The lowest BCUT2D eigenvalue weighted by atomic mass is 10.7. The quantitative estimate of drug-likeness (QED) is 0.617. The summed E-state index contributed by atoms with van der Waals surface area (Å²) < 4.78 is 4.20. The fourth-order valence-electron chi connectivity index (χ4n) is 0.160. The van der Waals surface area contributed by atoms with Gasteiger partial charge in [0, 0.05) is 6.54 Å². The second-order valence-electron chi connectivity index (χ2n) is 0.956. The van der Waals surface area contributed by atoms with Gasteiger partial charge in [0.25, 0.3) is 0 Å². The number of carbonyl (C=O) groups excluding carboxylic acids is 1. The van der Waals surface area contributed by atoms with Gasteiger partial charge in [-0.05, 0) is 0 Å². The molecule has 9 heavy (non-hydrogen) atoms. The number of hydrogen-bond donors (Lipinski definition) is 2. The highest BCUT2D eigenvalue weighted by molar-refractivity contribution is 5.85. The van der Waals surface area contributed by atoms with Crippen molar-refractivity contribution >= 4 is 30.9 Å². The maximum Gasteiger partial charge on any atom is 0.404 e. The van der Waals surface area contributed by atoms with Gasteiger partial charge >= 0.3 is 6.09 Å². The highest BCUT2D eigenvalue weighted by Crippen LogP contribution is 1.66. The van der Waals surface area contributed by atoms with Crippen LogP contribution in [0, 0.1) is 0 Å². The predicted molar refractivity (Wildman–Crippen MR) is 39.1 cm³/mol. The summed E-state index contributed by atoms with van der Waals surface area (Å²) in [6, 6.07) is 0. The summed E-state index contributed by atoms with van der Waals surface area (Å²) in [6.07, 6.45) is -0.773. The number of amides is 1. The largest absolute Gasteiger partial charge is 0.448 e. The van der Waals surface area contributed by atoms with Gasteiger partial charge in [0.2, 0.25) is 0 Å². The lowest BCUT2D eigenvalue weighted by Gasteiger charge is -1.93. The van der Waals surface area contributed by atoms with E-state index in [0.29, 0.717) is 6.54 Å². The molecule has 0 aromatic carbocycles. The Morgan fingerprint density at radius 1 is 1.44 bits per heavy atom. The van der Waals surface area contributed by atoms with Gasteiger partial charge in [-0.1, -0.05) is 0 Å². The normalized spacial score (nSPS) is 6.33. The maximum atomic E-state index is 9.70. The summed E-state index contributed by atoms with van der Waals surface area (Å²) in [5.74, 6) is 0. The zero-order valence-corrected chi connectivity index (χ0v) is 6.33. The Hall–Kier alpha value is -0.190. The van der Waals surface area contributed by atoms with Crippen LogP contribution in [0.3, 0.4) is 0 Å². The van der Waals surface area contributed by atoms with Crippen LogP contribution in [0.2, 0.25) is 0 Å². The minimum atomic E-state index is -0.773. The monoisotopic (exact) mass is 176 g/mol. The number of primary amides is 1. The van der Waals surface area contributed by atoms with E-state index < -0.39 is 6.09 Å². The van der Waals surface area contributed by atoms with Crippen molar-refractivity contribution in [2.45, 2.75) is 0 Å². The molecule has 0 spiro atoms. The molecule has 0 fully saturated rings. The van der Waals surface area contributed by atoms with Crippen molar-refractivity contribution in [3.05, 3.63) is 0 Å². The van der Waals surface area contributed by atoms with Crippen LogP contribution in [0.1, 0.15) is 0 Å². The van der Waals surface area contributed by atoms with Crippen LogP contribution in [0.5, 0.6) is 0 Å². The third-order valence-electron chi connectivity index (χ3n) is 0.362. The molecule has 0 rings (SSSR count). The van der Waals surface area contributed by atoms with Gasteiger partial charge in [-0.15, -0.1) is 24.8 Å². The summed E-state index contributed by atoms with van der Waals surface area (Å²) in [5, 5.41) is 0. The average molecular weight is 177 g/mol. The number of ether oxygens (including phenoxy) is 1. The molecule has 0 aliphatic carbocycles. The average Bonchev–Trinajstić information content (AvgIpc) is 1.61. The molecule has 0 aromatic heterocycles. The molecule has 1 amide bonds. The standard InChI is InChI=1S/C3H8N2O2.2ClH/c4-1-2-7-3(5)6;;/h1-2,4H2,(H2,5,6);2*1H. The molecule has 0 saturated heterocycles. The third kappa shape index (κ3) is 18.2. The van der Waals surface area contributed by atoms with Gasteiger partial charge in [-0.25, -0.2) is 4.79 Å². The number of rotatable bonds is 2. The molecule has 0 radical (unpaired) electrons. The van der Waals surface area contributed by atoms with Crippen LogP contribution in [0.4, 0.5) is 4.79 Å². The first-order valence-corrected chi connectivity index (χ1v) is 1.89. The molecule has 0 aliphatic rings. The van der Waals surface area contributed by atoms with Crippen LogP contribution in [0.25, 0.3) is 0 Å². The van der Waals surface area contributed by atoms with Crippen LogP contribution < -0.4 is 11.5 Å². The van der Waals surface area contributed by atoms with E-state index in [2.05, 4.69) is 10.5 Å². The molecule has 4 N–H and O–H groups in total. The van der Waals surface area contributed by atoms with Crippen molar-refractivity contribution < 1.29 is 9.53 Å². The van der Waals surface area contributed by atoms with E-state index in [1.54, 1.807) is 0 Å². The summed E-state index contributed by atoms with van der Waals surface area (Å²) in [5.41, 5.74) is 9.51. The molecule has 0 heterocycles. The SMILES string of the molecule is Cl.Cl.NCCOC(N)=O. The molecule has 0 saturated carbocycles. The van der Waals surface area contributed by atoms with E-state index in [1.807, 2.05) is 0 Å². The Morgan fingerprint density at radius 3 is 2.00 bits per heavy atom. The highest BCUT2D eigenvalue weighted by Gasteiger charge is 1.86. The predicted octanol–water partition coefficient (Wildman–Crippen LogP) is -0.116. The van der Waals surface area contributed by atoms with Crippen LogP contribution in [0.15, 0.2) is 0 Å². The number of carbonyl (C=O) groups is 1. The fourth-order valence-corrected chi connectivity index (χ4v) is 0.160. The summed E-state index contributed by atoms with van der Waals surface area (Å²) in [6.45, 7) is 0.526. The third-order valence-corrected chi connectivity index (χ3v) is 0.362. The topological polar surface area (TPSA) is 78.3 Å². The molecule has 0 aliphatic heterocycles. The summed E-state index contributed by atoms with van der Waals surface area (Å²) in [7, 11) is 0. The second-order valence-corrected chi connectivity index (χ2v) is 0.956. The van der Waals surface area contributed by atoms with Crippen molar-refractivity contribution in [3.8, 4) is 0 Å². The maximum absolute atomic E-state index is 9.70. The van der Waals surface area contributed by atoms with Crippen molar-refractivity contribution in [1.29, 1.82) is 0 Å². The van der Waals surface area contributed by atoms with Crippen LogP contribution in [-0.4, -0.2) is 19.2 Å². The highest BCUT2D eigenvalue weighted by atomic mass is 35.5. The van der Waals surface area contributed by atoms with Gasteiger partial charge in [0.05, 0.1) is 0 Å². The summed E-state index contributed by atoms with van der Waals surface area (Å²) >= 11 is 0. The minimum Gasteiger partial charge on any atom is -0.448 e. The first-order valence-electron chi connectivity index (χ1n) is 1.89. The van der Waals surface area contributed by atoms with Crippen LogP contribution in [-0.2, 0) is 4.74 Å². The second kappa shape index (κ2) is 10.7. The Bertz CT molecular complexity index is 70.8. The molecular weight excluding hydrogens is 167 g/mol. The van der Waals surface area contributed by atoms with E-state index in [1.165, 1.54) is 0 Å². The molecule has 0 bridgehead atoms. The fraction of sp³-hybridized carbons (Fsp3) is 0.667. The van der Waals surface area contributed by atoms with Crippen molar-refractivity contribution in [2.24, 2.45) is 11.5 Å². The zero-order valence-electron chi connectivity index (χ0n) is 4.70.